The summed E-state index contributed by atoms with van der Waals surface area (Å²) in [6, 6.07) is 16.5. The molecule has 0 aromatic heterocycles. The third-order valence-corrected chi connectivity index (χ3v) is 18.7. The summed E-state index contributed by atoms with van der Waals surface area (Å²) in [5.74, 6) is -6.18. The quantitative estimate of drug-likeness (QED) is 0.0366. The minimum Gasteiger partial charge on any atom is -0.459 e. The van der Waals surface area contributed by atoms with Gasteiger partial charge in [0.2, 0.25) is 0 Å². The molecule has 19 nitrogen and oxygen atoms in total. The van der Waals surface area contributed by atoms with Crippen molar-refractivity contribution < 1.29 is 85.4 Å². The Morgan fingerprint density at radius 3 is 1.74 bits per heavy atom. The van der Waals surface area contributed by atoms with Crippen LogP contribution in [0.5, 0.6) is 11.5 Å². The number of nitrogens with zero attached hydrogens (tertiary/aromatic N) is 1. The fourth-order valence-corrected chi connectivity index (χ4v) is 14.0. The maximum atomic E-state index is 15.2. The Hall–Kier alpha value is -4.01. The zero-order chi connectivity index (χ0) is 62.9. The van der Waals surface area contributed by atoms with E-state index in [1.54, 1.807) is 109 Å². The van der Waals surface area contributed by atoms with Crippen LogP contribution in [0, 0.1) is 23.7 Å². The molecule has 2 N–H and O–H groups in total. The number of carbonyl (C=O) groups excluding carboxylic acids is 4. The molecule has 0 saturated carbocycles. The SMILES string of the molecule is CCCCCCCC(=O)O[C@H]1[C@H](O[C@@H]2[C@@H](C)[C@H](O[C@H]3C[C@@](C)(OC)[C@@H](OP(=O)(Oc4ccccc4)Oc4ccccc4)[C@H](C)O3)[C@@H](C)C(=O)O[C@H](CC)[C@](C)(O)[C@H](OC(=O)CCCCCCC)[C@@H](C)C(=O)[C@H](C)C[C@]2(C)O)O[C@H](C)C[C@@H]1N(C)C. The van der Waals surface area contributed by atoms with E-state index in [9.17, 15) is 29.2 Å². The van der Waals surface area contributed by atoms with E-state index in [4.69, 9.17) is 51.5 Å². The van der Waals surface area contributed by atoms with E-state index >= 15 is 4.79 Å². The Morgan fingerprint density at radius 2 is 1.22 bits per heavy atom. The van der Waals surface area contributed by atoms with Crippen LogP contribution in [0.4, 0.5) is 0 Å². The third-order valence-electron chi connectivity index (χ3n) is 17.4. The highest BCUT2D eigenvalue weighted by atomic mass is 31.2. The van der Waals surface area contributed by atoms with Gasteiger partial charge in [0.25, 0.3) is 0 Å². The lowest BCUT2D eigenvalue weighted by Gasteiger charge is -2.50. The topological polar surface area (TPSA) is 231 Å². The normalized spacial score (nSPS) is 34.4. The third kappa shape index (κ3) is 20.0. The zero-order valence-electron chi connectivity index (χ0n) is 53.6. The maximum Gasteiger partial charge on any atom is 0.588 e. The van der Waals surface area contributed by atoms with Crippen molar-refractivity contribution in [2.24, 2.45) is 23.7 Å². The molecule has 0 aliphatic carbocycles. The van der Waals surface area contributed by atoms with Crippen molar-refractivity contribution in [2.75, 3.05) is 21.2 Å². The van der Waals surface area contributed by atoms with Crippen molar-refractivity contribution in [3.05, 3.63) is 60.7 Å². The summed E-state index contributed by atoms with van der Waals surface area (Å²) in [5.41, 5.74) is -5.41. The van der Waals surface area contributed by atoms with Crippen LogP contribution in [0.25, 0.3) is 0 Å². The number of hydrogen-bond acceptors (Lipinski definition) is 19. The summed E-state index contributed by atoms with van der Waals surface area (Å²) in [6.07, 6.45) is -2.01. The molecular formula is C65H104NO18P. The van der Waals surface area contributed by atoms with E-state index in [-0.39, 0.29) is 49.6 Å². The maximum absolute atomic E-state index is 15.2. The van der Waals surface area contributed by atoms with Gasteiger partial charge in [-0.1, -0.05) is 129 Å². The number of rotatable bonds is 27. The van der Waals surface area contributed by atoms with Crippen molar-refractivity contribution in [1.82, 2.24) is 4.90 Å². The predicted octanol–water partition coefficient (Wildman–Crippen LogP) is 11.9. The van der Waals surface area contributed by atoms with Gasteiger partial charge in [-0.2, -0.15) is 0 Å². The van der Waals surface area contributed by atoms with Gasteiger partial charge in [0.1, 0.15) is 41.2 Å². The van der Waals surface area contributed by atoms with Gasteiger partial charge in [0, 0.05) is 38.2 Å². The van der Waals surface area contributed by atoms with Crippen LogP contribution in [0.2, 0.25) is 0 Å². The molecule has 0 bridgehead atoms. The van der Waals surface area contributed by atoms with Gasteiger partial charge in [-0.25, -0.2) is 4.57 Å². The second kappa shape index (κ2) is 33.0. The van der Waals surface area contributed by atoms with Crippen LogP contribution < -0.4 is 9.05 Å². The first-order valence-corrected chi connectivity index (χ1v) is 32.8. The van der Waals surface area contributed by atoms with Crippen LogP contribution in [0.1, 0.15) is 186 Å². The van der Waals surface area contributed by atoms with Crippen molar-refractivity contribution in [3.63, 3.8) is 0 Å². The molecule has 0 spiro atoms. The molecule has 5 rings (SSSR count). The van der Waals surface area contributed by atoms with Crippen molar-refractivity contribution in [2.45, 2.75) is 270 Å². The summed E-state index contributed by atoms with van der Waals surface area (Å²) in [6.45, 7) is 20.8. The number of para-hydroxylation sites is 2. The van der Waals surface area contributed by atoms with Crippen molar-refractivity contribution in [3.8, 4) is 11.5 Å². The number of cyclic esters (lactones) is 1. The molecule has 0 amide bonds. The lowest BCUT2D eigenvalue weighted by molar-refractivity contribution is -0.318. The van der Waals surface area contributed by atoms with Gasteiger partial charge in [0.15, 0.2) is 18.7 Å². The molecule has 85 heavy (non-hydrogen) atoms. The molecule has 3 aliphatic heterocycles. The second-order valence-electron chi connectivity index (χ2n) is 25.1. The number of ketones is 1. The Balaban J connectivity index is 1.61. The summed E-state index contributed by atoms with van der Waals surface area (Å²) in [7, 11) is 0.702. The highest BCUT2D eigenvalue weighted by Gasteiger charge is 2.56. The molecule has 0 unspecified atom stereocenters. The Bertz CT molecular complexity index is 2370. The second-order valence-corrected chi connectivity index (χ2v) is 26.5. The number of carbonyl (C=O) groups is 4. The van der Waals surface area contributed by atoms with E-state index in [0.717, 1.165) is 51.4 Å². The number of phosphoric ester groups is 1. The van der Waals surface area contributed by atoms with Gasteiger partial charge in [-0.05, 0) is 112 Å². The molecule has 2 aromatic carbocycles. The molecule has 3 fully saturated rings. The largest absolute Gasteiger partial charge is 0.588 e. The summed E-state index contributed by atoms with van der Waals surface area (Å²) >= 11 is 0. The number of phosphoric acid groups is 1. The first-order chi connectivity index (χ1) is 40.1. The van der Waals surface area contributed by atoms with Crippen molar-refractivity contribution in [1.29, 1.82) is 0 Å². The summed E-state index contributed by atoms with van der Waals surface area (Å²) in [4.78, 5) is 59.7. The molecule has 3 heterocycles. The van der Waals surface area contributed by atoms with Crippen LogP contribution in [-0.4, -0.2) is 144 Å². The molecule has 0 radical (unpaired) electrons. The lowest BCUT2D eigenvalue weighted by Crippen LogP contribution is -2.62. The number of esters is 3. The predicted molar refractivity (Wildman–Crippen MR) is 321 cm³/mol. The molecule has 2 aromatic rings. The fraction of sp³-hybridized carbons (Fsp3) is 0.754. The number of benzene rings is 2. The summed E-state index contributed by atoms with van der Waals surface area (Å²) in [5, 5.41) is 26.0. The standard InChI is InChI=1S/C65H104NO18P/c1-16-19-21-23-31-37-52(67)78-57-50(66(13)14)39-43(5)75-62(57)81-58-45(7)56(80-54-41-64(11,74-15)60(47(9)76-54)84-85(73,82-48-33-27-25-28-34-48)83-49-35-29-26-30-36-49)46(8)61(70)77-51(18-3)65(12,72)59(79-53(68)38-32-24-22-20-17-2)44(6)55(69)42(4)40-63(58,10)71/h25-30,33-36,42-47,50-51,54,56-60,62,71-72H,16-24,31-32,37-41H2,1-15H3/t42-,43-,44+,45+,46-,47+,50+,51-,54+,56+,57-,58-,59-,60+,62+,63+,64-,65+/m1/s1. The molecule has 3 aliphatic rings. The number of Topliss-reactive ketones (excluding diaryl/α,β-unsaturated/α-hetero) is 1. The molecule has 3 saturated heterocycles. The van der Waals surface area contributed by atoms with Gasteiger partial charge in [-0.15, -0.1) is 0 Å². The van der Waals surface area contributed by atoms with Gasteiger partial charge >= 0.3 is 25.7 Å². The number of methoxy groups -OCH3 is 1. The first-order valence-electron chi connectivity index (χ1n) is 31.3. The van der Waals surface area contributed by atoms with Gasteiger partial charge < -0.3 is 62.1 Å². The van der Waals surface area contributed by atoms with Crippen molar-refractivity contribution >= 4 is 31.5 Å². The van der Waals surface area contributed by atoms with E-state index in [1.807, 2.05) is 25.9 Å². The Morgan fingerprint density at radius 1 is 0.682 bits per heavy atom. The van der Waals surface area contributed by atoms with Crippen LogP contribution >= 0.6 is 7.82 Å². The molecule has 482 valence electrons. The monoisotopic (exact) mass is 1220 g/mol. The molecular weight excluding hydrogens is 1110 g/mol. The van der Waals surface area contributed by atoms with Crippen LogP contribution in [0.3, 0.4) is 0 Å². The fourth-order valence-electron chi connectivity index (χ4n) is 12.5. The minimum absolute atomic E-state index is 0.0515. The van der Waals surface area contributed by atoms with Gasteiger partial charge in [-0.3, -0.25) is 23.7 Å². The first kappa shape index (κ1) is 71.7. The number of likely N-dealkylation sites (N-methyl/N-ethyl adjacent to an activating group) is 1. The highest BCUT2D eigenvalue weighted by Crippen LogP contribution is 2.54. The number of ether oxygens (including phenoxy) is 8. The Kier molecular flexibility index (Phi) is 27.8. The van der Waals surface area contributed by atoms with E-state index in [2.05, 4.69) is 13.8 Å². The number of aliphatic hydroxyl groups is 2. The summed E-state index contributed by atoms with van der Waals surface area (Å²) < 4.78 is 86.0. The zero-order valence-corrected chi connectivity index (χ0v) is 54.5. The van der Waals surface area contributed by atoms with E-state index in [1.165, 1.54) is 21.0 Å². The highest BCUT2D eigenvalue weighted by molar-refractivity contribution is 7.49. The molecule has 20 heteroatoms. The Labute approximate surface area is 507 Å². The smallest absolute Gasteiger partial charge is 0.459 e. The van der Waals surface area contributed by atoms with Gasteiger partial charge in [0.05, 0.1) is 53.5 Å². The average molecular weight is 1220 g/mol. The number of hydrogen-bond donors (Lipinski definition) is 2. The lowest BCUT2D eigenvalue weighted by atomic mass is 9.74. The minimum atomic E-state index is -4.54. The number of unbranched alkanes of at least 4 members (excludes halogenated alkanes) is 8. The van der Waals surface area contributed by atoms with E-state index < -0.39 is 133 Å². The van der Waals surface area contributed by atoms with Crippen LogP contribution in [-0.2, 0) is 66.2 Å². The van der Waals surface area contributed by atoms with Crippen LogP contribution in [0.15, 0.2) is 60.7 Å². The molecule has 18 atom stereocenters. The average Bonchev–Trinajstić information content (AvgIpc) is 1.38. The van der Waals surface area contributed by atoms with E-state index in [0.29, 0.717) is 19.3 Å².